The number of nitrogens with zero attached hydrogens (tertiary/aromatic N) is 3. The number of carbonyl (C=O) groups is 2. The van der Waals surface area contributed by atoms with E-state index in [4.69, 9.17) is 4.74 Å². The molecule has 2 rings (SSSR count). The largest absolute Gasteiger partial charge is 0.444 e. The topological polar surface area (TPSA) is 64.4 Å². The summed E-state index contributed by atoms with van der Waals surface area (Å²) in [5.74, 6) is -0.0320. The molecule has 1 saturated carbocycles. The van der Waals surface area contributed by atoms with Crippen LogP contribution in [0.25, 0.3) is 0 Å². The molecule has 0 radical (unpaired) electrons. The summed E-state index contributed by atoms with van der Waals surface area (Å²) in [5, 5.41) is 0. The summed E-state index contributed by atoms with van der Waals surface area (Å²) in [6.07, 6.45) is 13.3. The Labute approximate surface area is 137 Å². The van der Waals surface area contributed by atoms with Gasteiger partial charge in [-0.15, -0.1) is 0 Å². The van der Waals surface area contributed by atoms with Gasteiger partial charge in [-0.25, -0.2) is 4.98 Å². The van der Waals surface area contributed by atoms with Gasteiger partial charge in [-0.3, -0.25) is 9.59 Å². The monoisotopic (exact) mass is 321 g/mol. The van der Waals surface area contributed by atoms with Crippen LogP contribution in [0.4, 0.5) is 0 Å². The standard InChI is InChI=1S/C17H27N3O3/c1-19(15-7-3-2-4-8-15)16(21)9-5-6-10-17(22)23-14-20-12-11-18-13-20/h11-13,15H,2-10,14H2,1H3. The Hall–Kier alpha value is -1.85. The molecule has 6 nitrogen and oxygen atoms in total. The van der Waals surface area contributed by atoms with E-state index in [1.165, 1.54) is 19.3 Å². The van der Waals surface area contributed by atoms with Crippen LogP contribution in [0.5, 0.6) is 0 Å². The number of carbonyl (C=O) groups excluding carboxylic acids is 2. The first-order valence-electron chi connectivity index (χ1n) is 8.54. The third-order valence-electron chi connectivity index (χ3n) is 4.47. The van der Waals surface area contributed by atoms with Crippen molar-refractivity contribution < 1.29 is 14.3 Å². The number of rotatable bonds is 8. The predicted octanol–water partition coefficient (Wildman–Crippen LogP) is 2.74. The van der Waals surface area contributed by atoms with Crippen molar-refractivity contribution in [1.82, 2.24) is 14.5 Å². The van der Waals surface area contributed by atoms with E-state index < -0.39 is 0 Å². The van der Waals surface area contributed by atoms with Gasteiger partial charge in [-0.05, 0) is 25.7 Å². The van der Waals surface area contributed by atoms with Crippen LogP contribution >= 0.6 is 0 Å². The van der Waals surface area contributed by atoms with Crippen LogP contribution < -0.4 is 0 Å². The molecule has 0 aliphatic heterocycles. The Morgan fingerprint density at radius 3 is 2.65 bits per heavy atom. The van der Waals surface area contributed by atoms with Crippen molar-refractivity contribution >= 4 is 11.9 Å². The second-order valence-electron chi connectivity index (χ2n) is 6.23. The van der Waals surface area contributed by atoms with Crippen molar-refractivity contribution in [2.45, 2.75) is 70.6 Å². The maximum absolute atomic E-state index is 12.2. The minimum absolute atomic E-state index is 0.197. The smallest absolute Gasteiger partial charge is 0.307 e. The Morgan fingerprint density at radius 1 is 1.22 bits per heavy atom. The fourth-order valence-electron chi connectivity index (χ4n) is 2.98. The van der Waals surface area contributed by atoms with E-state index in [0.717, 1.165) is 19.3 Å². The van der Waals surface area contributed by atoms with Crippen LogP contribution in [0, 0.1) is 0 Å². The van der Waals surface area contributed by atoms with Crippen molar-refractivity contribution in [3.8, 4) is 0 Å². The molecule has 0 spiro atoms. The minimum atomic E-state index is -0.230. The van der Waals surface area contributed by atoms with Crippen LogP contribution in [0.1, 0.15) is 57.8 Å². The third-order valence-corrected chi connectivity index (χ3v) is 4.47. The number of aromatic nitrogens is 2. The maximum atomic E-state index is 12.2. The van der Waals surface area contributed by atoms with Gasteiger partial charge in [0.2, 0.25) is 5.91 Å². The second-order valence-corrected chi connectivity index (χ2v) is 6.23. The first-order valence-corrected chi connectivity index (χ1v) is 8.54. The normalized spacial score (nSPS) is 15.3. The summed E-state index contributed by atoms with van der Waals surface area (Å²) in [7, 11) is 1.91. The fourth-order valence-corrected chi connectivity index (χ4v) is 2.98. The molecule has 1 aliphatic rings. The zero-order chi connectivity index (χ0) is 16.5. The number of hydrogen-bond acceptors (Lipinski definition) is 4. The maximum Gasteiger partial charge on any atom is 0.307 e. The summed E-state index contributed by atoms with van der Waals surface area (Å²) in [6.45, 7) is 0.197. The third kappa shape index (κ3) is 6.04. The number of ether oxygens (including phenoxy) is 1. The molecule has 0 atom stereocenters. The molecule has 6 heteroatoms. The van der Waals surface area contributed by atoms with Crippen molar-refractivity contribution in [3.05, 3.63) is 18.7 Å². The van der Waals surface area contributed by atoms with E-state index >= 15 is 0 Å². The lowest BCUT2D eigenvalue weighted by Crippen LogP contribution is -2.38. The van der Waals surface area contributed by atoms with Crippen LogP contribution in [0.3, 0.4) is 0 Å². The average molecular weight is 321 g/mol. The highest BCUT2D eigenvalue weighted by Crippen LogP contribution is 2.22. The molecule has 0 aromatic carbocycles. The predicted molar refractivity (Wildman–Crippen MR) is 86.4 cm³/mol. The molecule has 0 N–H and O–H groups in total. The Kier molecular flexibility index (Phi) is 7.10. The summed E-state index contributed by atoms with van der Waals surface area (Å²) in [6, 6.07) is 0.413. The molecule has 1 aliphatic carbocycles. The van der Waals surface area contributed by atoms with E-state index in [-0.39, 0.29) is 18.6 Å². The summed E-state index contributed by atoms with van der Waals surface area (Å²) in [5.41, 5.74) is 0. The highest BCUT2D eigenvalue weighted by Gasteiger charge is 2.21. The number of hydrogen-bond donors (Lipinski definition) is 0. The average Bonchev–Trinajstić information content (AvgIpc) is 3.10. The quantitative estimate of drug-likeness (QED) is 0.545. The van der Waals surface area contributed by atoms with E-state index in [0.29, 0.717) is 25.3 Å². The fraction of sp³-hybridized carbons (Fsp3) is 0.706. The van der Waals surface area contributed by atoms with Gasteiger partial charge in [0.25, 0.3) is 0 Å². The summed E-state index contributed by atoms with van der Waals surface area (Å²) < 4.78 is 6.82. The Morgan fingerprint density at radius 2 is 1.96 bits per heavy atom. The van der Waals surface area contributed by atoms with Crippen molar-refractivity contribution in [2.75, 3.05) is 7.05 Å². The number of imidazole rings is 1. The zero-order valence-corrected chi connectivity index (χ0v) is 13.9. The second kappa shape index (κ2) is 9.33. The van der Waals surface area contributed by atoms with Gasteiger partial charge >= 0.3 is 5.97 Å². The Balaban J connectivity index is 1.55. The number of esters is 1. The minimum Gasteiger partial charge on any atom is -0.444 e. The van der Waals surface area contributed by atoms with Gasteiger partial charge in [-0.2, -0.15) is 0 Å². The first-order chi connectivity index (χ1) is 11.2. The van der Waals surface area contributed by atoms with E-state index in [1.54, 1.807) is 23.3 Å². The lowest BCUT2D eigenvalue weighted by Gasteiger charge is -2.31. The molecule has 23 heavy (non-hydrogen) atoms. The van der Waals surface area contributed by atoms with Crippen molar-refractivity contribution in [2.24, 2.45) is 0 Å². The van der Waals surface area contributed by atoms with Crippen LogP contribution in [-0.2, 0) is 21.1 Å². The van der Waals surface area contributed by atoms with Gasteiger partial charge in [-0.1, -0.05) is 19.3 Å². The van der Waals surface area contributed by atoms with Crippen molar-refractivity contribution in [3.63, 3.8) is 0 Å². The molecular formula is C17H27N3O3. The van der Waals surface area contributed by atoms with Gasteiger partial charge in [0.1, 0.15) is 0 Å². The molecule has 128 valence electrons. The van der Waals surface area contributed by atoms with Gasteiger partial charge in [0.15, 0.2) is 6.73 Å². The van der Waals surface area contributed by atoms with E-state index in [1.807, 2.05) is 11.9 Å². The van der Waals surface area contributed by atoms with Gasteiger partial charge in [0.05, 0.1) is 6.33 Å². The van der Waals surface area contributed by atoms with E-state index in [2.05, 4.69) is 4.98 Å². The molecule has 1 amide bonds. The van der Waals surface area contributed by atoms with Gasteiger partial charge in [0, 0.05) is 38.3 Å². The highest BCUT2D eigenvalue weighted by atomic mass is 16.5. The lowest BCUT2D eigenvalue weighted by molar-refractivity contribution is -0.147. The molecule has 0 saturated heterocycles. The zero-order valence-electron chi connectivity index (χ0n) is 13.9. The van der Waals surface area contributed by atoms with Crippen LogP contribution in [0.15, 0.2) is 18.7 Å². The molecule has 0 unspecified atom stereocenters. The lowest BCUT2D eigenvalue weighted by atomic mass is 9.94. The van der Waals surface area contributed by atoms with E-state index in [9.17, 15) is 9.59 Å². The SMILES string of the molecule is CN(C(=O)CCCCC(=O)OCn1ccnc1)C1CCCCC1. The van der Waals surface area contributed by atoms with Gasteiger partial charge < -0.3 is 14.2 Å². The first kappa shape index (κ1) is 17.5. The van der Waals surface area contributed by atoms with Crippen LogP contribution in [0.2, 0.25) is 0 Å². The van der Waals surface area contributed by atoms with Crippen LogP contribution in [-0.4, -0.2) is 39.4 Å². The summed E-state index contributed by atoms with van der Waals surface area (Å²) in [4.78, 5) is 29.6. The van der Waals surface area contributed by atoms with Crippen molar-refractivity contribution in [1.29, 1.82) is 0 Å². The molecule has 1 heterocycles. The number of amides is 1. The molecule has 0 bridgehead atoms. The number of unbranched alkanes of at least 4 members (excludes halogenated alkanes) is 1. The molecular weight excluding hydrogens is 294 g/mol. The molecule has 1 fully saturated rings. The molecule has 1 aromatic rings. The highest BCUT2D eigenvalue weighted by molar-refractivity contribution is 5.76. The summed E-state index contributed by atoms with van der Waals surface area (Å²) >= 11 is 0. The molecule has 1 aromatic heterocycles. The Bertz CT molecular complexity index is 481.